The lowest BCUT2D eigenvalue weighted by Gasteiger charge is -2.04. The van der Waals surface area contributed by atoms with Crippen LogP contribution in [0.2, 0.25) is 0 Å². The molecule has 0 aromatic carbocycles. The van der Waals surface area contributed by atoms with E-state index in [2.05, 4.69) is 24.1 Å². The van der Waals surface area contributed by atoms with E-state index in [1.54, 1.807) is 6.92 Å². The molecule has 0 aliphatic rings. The van der Waals surface area contributed by atoms with Crippen molar-refractivity contribution in [3.05, 3.63) is 12.2 Å². The minimum atomic E-state index is -0.365. The molecular formula is C8H14N2O2S. The van der Waals surface area contributed by atoms with Crippen LogP contribution < -0.4 is 11.1 Å². The van der Waals surface area contributed by atoms with Crippen molar-refractivity contribution in [3.8, 4) is 0 Å². The fraction of sp³-hybridized carbons (Fsp3) is 0.500. The second-order valence-electron chi connectivity index (χ2n) is 2.56. The van der Waals surface area contributed by atoms with Crippen molar-refractivity contribution in [2.24, 2.45) is 5.73 Å². The molecule has 0 heterocycles. The molecule has 0 aliphatic carbocycles. The smallest absolute Gasteiger partial charge is 0.333 e. The summed E-state index contributed by atoms with van der Waals surface area (Å²) in [5.74, 6) is -0.365. The number of hydrogen-bond acceptors (Lipinski definition) is 3. The maximum atomic E-state index is 10.8. The molecule has 0 atom stereocenters. The van der Waals surface area contributed by atoms with E-state index in [-0.39, 0.29) is 11.1 Å². The molecule has 3 N–H and O–H groups in total. The van der Waals surface area contributed by atoms with E-state index in [1.165, 1.54) is 0 Å². The number of nitrogens with two attached hydrogens (primary N) is 1. The summed E-state index contributed by atoms with van der Waals surface area (Å²) in [7, 11) is 0. The van der Waals surface area contributed by atoms with E-state index in [4.69, 9.17) is 10.5 Å². The Morgan fingerprint density at radius 1 is 1.69 bits per heavy atom. The highest BCUT2D eigenvalue weighted by atomic mass is 32.1. The number of nitrogens with one attached hydrogen (secondary N) is 1. The van der Waals surface area contributed by atoms with Crippen molar-refractivity contribution < 1.29 is 9.53 Å². The predicted molar refractivity (Wildman–Crippen MR) is 55.2 cm³/mol. The first-order valence-corrected chi connectivity index (χ1v) is 4.31. The number of thiocarbonyl (C=S) groups is 1. The summed E-state index contributed by atoms with van der Waals surface area (Å²) in [6.07, 6.45) is 0.677. The second-order valence-corrected chi connectivity index (χ2v) is 3.00. The summed E-state index contributed by atoms with van der Waals surface area (Å²) in [6, 6.07) is 0. The van der Waals surface area contributed by atoms with Gasteiger partial charge in [-0.2, -0.15) is 0 Å². The molecule has 0 amide bonds. The number of carbonyl (C=O) groups excluding carboxylic acids is 1. The Kier molecular flexibility index (Phi) is 5.88. The number of rotatable bonds is 5. The van der Waals surface area contributed by atoms with Gasteiger partial charge in [-0.25, -0.2) is 4.79 Å². The van der Waals surface area contributed by atoms with Crippen molar-refractivity contribution in [2.75, 3.05) is 13.2 Å². The van der Waals surface area contributed by atoms with Gasteiger partial charge in [-0.15, -0.1) is 0 Å². The van der Waals surface area contributed by atoms with Gasteiger partial charge in [-0.05, 0) is 25.6 Å². The Bertz CT molecular complexity index is 216. The lowest BCUT2D eigenvalue weighted by atomic mass is 10.3. The molecule has 0 spiro atoms. The predicted octanol–water partition coefficient (Wildman–Crippen LogP) is 0.329. The number of carbonyl (C=O) groups is 1. The summed E-state index contributed by atoms with van der Waals surface area (Å²) in [5.41, 5.74) is 5.59. The zero-order valence-electron chi connectivity index (χ0n) is 7.63. The SMILES string of the molecule is C=C(C)C(=O)OCCCNC(N)=S. The van der Waals surface area contributed by atoms with Crippen LogP contribution in [0.15, 0.2) is 12.2 Å². The van der Waals surface area contributed by atoms with E-state index < -0.39 is 0 Å². The Morgan fingerprint density at radius 3 is 2.77 bits per heavy atom. The van der Waals surface area contributed by atoms with Gasteiger partial charge in [-0.1, -0.05) is 6.58 Å². The first-order valence-electron chi connectivity index (χ1n) is 3.90. The molecule has 5 heteroatoms. The summed E-state index contributed by atoms with van der Waals surface area (Å²) in [6.45, 7) is 6.02. The highest BCUT2D eigenvalue weighted by Crippen LogP contribution is 1.92. The van der Waals surface area contributed by atoms with Crippen LogP contribution in [0.1, 0.15) is 13.3 Å². The van der Waals surface area contributed by atoms with Crippen LogP contribution in [0.5, 0.6) is 0 Å². The van der Waals surface area contributed by atoms with E-state index in [1.807, 2.05) is 0 Å². The van der Waals surface area contributed by atoms with E-state index in [0.717, 1.165) is 0 Å². The largest absolute Gasteiger partial charge is 0.462 e. The van der Waals surface area contributed by atoms with Crippen LogP contribution in [0.25, 0.3) is 0 Å². The fourth-order valence-electron chi connectivity index (χ4n) is 0.572. The second kappa shape index (κ2) is 6.42. The van der Waals surface area contributed by atoms with E-state index in [9.17, 15) is 4.79 Å². The first kappa shape index (κ1) is 11.9. The molecule has 4 nitrogen and oxygen atoms in total. The van der Waals surface area contributed by atoms with Crippen LogP contribution in [-0.2, 0) is 9.53 Å². The van der Waals surface area contributed by atoms with Crippen molar-refractivity contribution in [1.29, 1.82) is 0 Å². The van der Waals surface area contributed by atoms with Gasteiger partial charge in [0.15, 0.2) is 5.11 Å². The molecule has 0 rings (SSSR count). The summed E-state index contributed by atoms with van der Waals surface area (Å²) in [4.78, 5) is 10.8. The Labute approximate surface area is 83.1 Å². The van der Waals surface area contributed by atoms with Gasteiger partial charge in [0.25, 0.3) is 0 Å². The van der Waals surface area contributed by atoms with Gasteiger partial charge in [-0.3, -0.25) is 0 Å². The van der Waals surface area contributed by atoms with Crippen LogP contribution in [0.4, 0.5) is 0 Å². The molecule has 0 saturated heterocycles. The number of ether oxygens (including phenoxy) is 1. The zero-order chi connectivity index (χ0) is 10.3. The van der Waals surface area contributed by atoms with E-state index in [0.29, 0.717) is 25.1 Å². The Hall–Kier alpha value is -1.10. The quantitative estimate of drug-likeness (QED) is 0.291. The third-order valence-electron chi connectivity index (χ3n) is 1.20. The maximum Gasteiger partial charge on any atom is 0.333 e. The van der Waals surface area contributed by atoms with Crippen molar-refractivity contribution in [1.82, 2.24) is 5.32 Å². The number of hydrogen-bond donors (Lipinski definition) is 2. The molecule has 0 aromatic rings. The highest BCUT2D eigenvalue weighted by Gasteiger charge is 2.01. The van der Waals surface area contributed by atoms with Gasteiger partial charge in [0.05, 0.1) is 6.61 Å². The van der Waals surface area contributed by atoms with Crippen molar-refractivity contribution >= 4 is 23.3 Å². The molecule has 74 valence electrons. The van der Waals surface area contributed by atoms with Crippen molar-refractivity contribution in [2.45, 2.75) is 13.3 Å². The minimum Gasteiger partial charge on any atom is -0.462 e. The fourth-order valence-corrected chi connectivity index (χ4v) is 0.674. The van der Waals surface area contributed by atoms with Crippen LogP contribution in [0, 0.1) is 0 Å². The third kappa shape index (κ3) is 7.27. The zero-order valence-corrected chi connectivity index (χ0v) is 8.45. The van der Waals surface area contributed by atoms with Gasteiger partial charge in [0, 0.05) is 12.1 Å². The van der Waals surface area contributed by atoms with Crippen LogP contribution in [-0.4, -0.2) is 24.2 Å². The lowest BCUT2D eigenvalue weighted by Crippen LogP contribution is -2.30. The lowest BCUT2D eigenvalue weighted by molar-refractivity contribution is -0.138. The molecular weight excluding hydrogens is 188 g/mol. The average Bonchev–Trinajstić information content (AvgIpc) is 2.02. The normalized spacial score (nSPS) is 9.00. The summed E-state index contributed by atoms with van der Waals surface area (Å²) >= 11 is 4.58. The van der Waals surface area contributed by atoms with Gasteiger partial charge in [0.2, 0.25) is 0 Å². The van der Waals surface area contributed by atoms with Crippen LogP contribution in [0.3, 0.4) is 0 Å². The maximum absolute atomic E-state index is 10.8. The third-order valence-corrected chi connectivity index (χ3v) is 1.35. The summed E-state index contributed by atoms with van der Waals surface area (Å²) in [5, 5.41) is 3.00. The molecule has 13 heavy (non-hydrogen) atoms. The van der Waals surface area contributed by atoms with Gasteiger partial charge in [0.1, 0.15) is 0 Å². The molecule has 0 bridgehead atoms. The molecule has 0 saturated carbocycles. The molecule has 0 unspecified atom stereocenters. The highest BCUT2D eigenvalue weighted by molar-refractivity contribution is 7.80. The monoisotopic (exact) mass is 202 g/mol. The van der Waals surface area contributed by atoms with Crippen molar-refractivity contribution in [3.63, 3.8) is 0 Å². The van der Waals surface area contributed by atoms with E-state index >= 15 is 0 Å². The minimum absolute atomic E-state index is 0.256. The topological polar surface area (TPSA) is 64.3 Å². The Balaban J connectivity index is 3.31. The molecule has 0 aliphatic heterocycles. The van der Waals surface area contributed by atoms with Gasteiger partial charge < -0.3 is 15.8 Å². The molecule has 0 radical (unpaired) electrons. The average molecular weight is 202 g/mol. The first-order chi connectivity index (χ1) is 6.04. The standard InChI is InChI=1S/C8H14N2O2S/c1-6(2)7(11)12-5-3-4-10-8(9)13/h1,3-5H2,2H3,(H3,9,10,13). The van der Waals surface area contributed by atoms with Gasteiger partial charge >= 0.3 is 5.97 Å². The summed E-state index contributed by atoms with van der Waals surface area (Å²) < 4.78 is 4.82. The molecule has 0 aromatic heterocycles. The number of esters is 1. The Morgan fingerprint density at radius 2 is 2.31 bits per heavy atom. The van der Waals surface area contributed by atoms with Crippen LogP contribution >= 0.6 is 12.2 Å². The molecule has 0 fully saturated rings.